The summed E-state index contributed by atoms with van der Waals surface area (Å²) in [7, 11) is 0. The van der Waals surface area contributed by atoms with E-state index >= 15 is 0 Å². The molecule has 0 spiro atoms. The molecule has 4 rings (SSSR count). The molecule has 2 heterocycles. The Morgan fingerprint density at radius 1 is 0.630 bits per heavy atom. The van der Waals surface area contributed by atoms with Crippen molar-refractivity contribution in [3.8, 4) is 0 Å². The van der Waals surface area contributed by atoms with Gasteiger partial charge in [-0.15, -0.1) is 0 Å². The van der Waals surface area contributed by atoms with Crippen LogP contribution < -0.4 is 4.90 Å². The zero-order valence-corrected chi connectivity index (χ0v) is 15.5. The minimum Gasteiger partial charge on any atom is -0.368 e. The Morgan fingerprint density at radius 3 is 1.78 bits per heavy atom. The second-order valence-corrected chi connectivity index (χ2v) is 7.19. The largest absolute Gasteiger partial charge is 0.368 e. The molecule has 2 aliphatic heterocycles. The number of carbonyl (C=O) groups is 2. The number of carbonyl (C=O) groups excluding carboxylic acids is 2. The summed E-state index contributed by atoms with van der Waals surface area (Å²) in [6.07, 6.45) is 2.13. The molecule has 0 N–H and O–H groups in total. The number of nitrogens with zero attached hydrogens (tertiary/aromatic N) is 3. The van der Waals surface area contributed by atoms with Crippen molar-refractivity contribution >= 4 is 17.5 Å². The maximum Gasteiger partial charge on any atom is 0.253 e. The summed E-state index contributed by atoms with van der Waals surface area (Å²) >= 11 is 0. The molecule has 0 unspecified atom stereocenters. The monoisotopic (exact) mass is 363 g/mol. The van der Waals surface area contributed by atoms with Crippen LogP contribution in [0.5, 0.6) is 0 Å². The van der Waals surface area contributed by atoms with Crippen LogP contribution in [0.2, 0.25) is 0 Å². The molecule has 2 aromatic rings. The standard InChI is InChI=1S/C22H25N3O2/c26-21(24-11-4-5-12-24)18-7-6-8-19(17-18)22(27)25-15-13-23(14-16-25)20-9-2-1-3-10-20/h1-3,6-10,17H,4-5,11-16H2. The molecule has 2 aromatic carbocycles. The molecule has 27 heavy (non-hydrogen) atoms. The van der Waals surface area contributed by atoms with Gasteiger partial charge in [0.25, 0.3) is 11.8 Å². The number of amides is 2. The van der Waals surface area contributed by atoms with Crippen molar-refractivity contribution in [3.63, 3.8) is 0 Å². The molecule has 0 bridgehead atoms. The van der Waals surface area contributed by atoms with Crippen molar-refractivity contribution in [3.05, 3.63) is 65.7 Å². The van der Waals surface area contributed by atoms with Gasteiger partial charge in [0.05, 0.1) is 0 Å². The maximum atomic E-state index is 12.9. The Balaban J connectivity index is 1.41. The van der Waals surface area contributed by atoms with E-state index in [1.807, 2.05) is 46.2 Å². The quantitative estimate of drug-likeness (QED) is 0.842. The fourth-order valence-electron chi connectivity index (χ4n) is 3.88. The van der Waals surface area contributed by atoms with E-state index in [-0.39, 0.29) is 11.8 Å². The minimum atomic E-state index is 0.0128. The molecular formula is C22H25N3O2. The van der Waals surface area contributed by atoms with Crippen LogP contribution in [0.15, 0.2) is 54.6 Å². The van der Waals surface area contributed by atoms with Crippen LogP contribution in [-0.2, 0) is 0 Å². The van der Waals surface area contributed by atoms with Crippen LogP contribution in [0, 0.1) is 0 Å². The Kier molecular flexibility index (Phi) is 5.10. The third-order valence-corrected chi connectivity index (χ3v) is 5.44. The fraction of sp³-hybridized carbons (Fsp3) is 0.364. The van der Waals surface area contributed by atoms with Crippen LogP contribution in [0.1, 0.15) is 33.6 Å². The molecular weight excluding hydrogens is 338 g/mol. The van der Waals surface area contributed by atoms with Gasteiger partial charge in [-0.05, 0) is 43.2 Å². The Bertz CT molecular complexity index is 807. The van der Waals surface area contributed by atoms with Gasteiger partial charge in [0.1, 0.15) is 0 Å². The van der Waals surface area contributed by atoms with E-state index in [0.29, 0.717) is 24.2 Å². The highest BCUT2D eigenvalue weighted by Crippen LogP contribution is 2.18. The van der Waals surface area contributed by atoms with Gasteiger partial charge < -0.3 is 14.7 Å². The van der Waals surface area contributed by atoms with E-state index < -0.39 is 0 Å². The SMILES string of the molecule is O=C(c1cccc(C(=O)N2CCN(c3ccccc3)CC2)c1)N1CCCC1. The molecule has 2 fully saturated rings. The van der Waals surface area contributed by atoms with Crippen LogP contribution in [0.4, 0.5) is 5.69 Å². The van der Waals surface area contributed by atoms with Crippen molar-refractivity contribution < 1.29 is 9.59 Å². The van der Waals surface area contributed by atoms with Crippen molar-refractivity contribution in [2.45, 2.75) is 12.8 Å². The third kappa shape index (κ3) is 3.82. The summed E-state index contributed by atoms with van der Waals surface area (Å²) in [5.74, 6) is 0.0508. The second kappa shape index (κ2) is 7.82. The lowest BCUT2D eigenvalue weighted by molar-refractivity contribution is 0.0746. The predicted molar refractivity (Wildman–Crippen MR) is 106 cm³/mol. The van der Waals surface area contributed by atoms with Gasteiger partial charge in [0, 0.05) is 56.1 Å². The number of piperazine rings is 1. The van der Waals surface area contributed by atoms with Crippen LogP contribution in [0.25, 0.3) is 0 Å². The smallest absolute Gasteiger partial charge is 0.253 e. The highest BCUT2D eigenvalue weighted by molar-refractivity contribution is 5.99. The van der Waals surface area contributed by atoms with Gasteiger partial charge in [0.15, 0.2) is 0 Å². The molecule has 2 amide bonds. The summed E-state index contributed by atoms with van der Waals surface area (Å²) in [5, 5.41) is 0. The van der Waals surface area contributed by atoms with Crippen molar-refractivity contribution in [1.82, 2.24) is 9.80 Å². The second-order valence-electron chi connectivity index (χ2n) is 7.19. The lowest BCUT2D eigenvalue weighted by Gasteiger charge is -2.36. The van der Waals surface area contributed by atoms with Gasteiger partial charge >= 0.3 is 0 Å². The average molecular weight is 363 g/mol. The van der Waals surface area contributed by atoms with Crippen molar-refractivity contribution in [2.24, 2.45) is 0 Å². The van der Waals surface area contributed by atoms with E-state index in [1.165, 1.54) is 5.69 Å². The predicted octanol–water partition coefficient (Wildman–Crippen LogP) is 2.89. The molecule has 0 aliphatic carbocycles. The highest BCUT2D eigenvalue weighted by Gasteiger charge is 2.24. The number of rotatable bonds is 3. The molecule has 5 heteroatoms. The zero-order chi connectivity index (χ0) is 18.6. The number of likely N-dealkylation sites (tertiary alicyclic amines) is 1. The number of anilines is 1. The Hall–Kier alpha value is -2.82. The van der Waals surface area contributed by atoms with E-state index in [2.05, 4.69) is 17.0 Å². The summed E-state index contributed by atoms with van der Waals surface area (Å²) in [4.78, 5) is 31.6. The van der Waals surface area contributed by atoms with Crippen LogP contribution in [0.3, 0.4) is 0 Å². The van der Waals surface area contributed by atoms with Crippen molar-refractivity contribution in [2.75, 3.05) is 44.2 Å². The van der Waals surface area contributed by atoms with Gasteiger partial charge in [0.2, 0.25) is 0 Å². The average Bonchev–Trinajstić information content (AvgIpc) is 3.28. The first kappa shape index (κ1) is 17.6. The van der Waals surface area contributed by atoms with Gasteiger partial charge in [-0.1, -0.05) is 24.3 Å². The number of para-hydroxylation sites is 1. The topological polar surface area (TPSA) is 43.9 Å². The lowest BCUT2D eigenvalue weighted by atomic mass is 10.1. The molecule has 0 aromatic heterocycles. The van der Waals surface area contributed by atoms with Gasteiger partial charge in [-0.25, -0.2) is 0 Å². The lowest BCUT2D eigenvalue weighted by Crippen LogP contribution is -2.48. The minimum absolute atomic E-state index is 0.0128. The maximum absolute atomic E-state index is 12.9. The molecule has 0 atom stereocenters. The van der Waals surface area contributed by atoms with Crippen LogP contribution in [-0.4, -0.2) is 60.9 Å². The molecule has 2 saturated heterocycles. The molecule has 0 radical (unpaired) electrons. The van der Waals surface area contributed by atoms with Gasteiger partial charge in [-0.3, -0.25) is 9.59 Å². The van der Waals surface area contributed by atoms with Crippen molar-refractivity contribution in [1.29, 1.82) is 0 Å². The molecule has 140 valence electrons. The van der Waals surface area contributed by atoms with E-state index in [9.17, 15) is 9.59 Å². The van der Waals surface area contributed by atoms with E-state index in [4.69, 9.17) is 0 Å². The first-order valence-corrected chi connectivity index (χ1v) is 9.71. The first-order valence-electron chi connectivity index (χ1n) is 9.71. The zero-order valence-electron chi connectivity index (χ0n) is 15.5. The normalized spacial score (nSPS) is 17.3. The summed E-state index contributed by atoms with van der Waals surface area (Å²) in [6, 6.07) is 17.5. The number of hydrogen-bond acceptors (Lipinski definition) is 3. The highest BCUT2D eigenvalue weighted by atomic mass is 16.2. The fourth-order valence-corrected chi connectivity index (χ4v) is 3.88. The Morgan fingerprint density at radius 2 is 1.19 bits per heavy atom. The molecule has 0 saturated carbocycles. The summed E-state index contributed by atoms with van der Waals surface area (Å²) in [5.41, 5.74) is 2.42. The number of benzene rings is 2. The third-order valence-electron chi connectivity index (χ3n) is 5.44. The molecule has 2 aliphatic rings. The van der Waals surface area contributed by atoms with Gasteiger partial charge in [-0.2, -0.15) is 0 Å². The first-order chi connectivity index (χ1) is 13.2. The summed E-state index contributed by atoms with van der Waals surface area (Å²) < 4.78 is 0. The van der Waals surface area contributed by atoms with E-state index in [0.717, 1.165) is 39.0 Å². The number of hydrogen-bond donors (Lipinski definition) is 0. The van der Waals surface area contributed by atoms with Crippen LogP contribution >= 0.6 is 0 Å². The van der Waals surface area contributed by atoms with E-state index in [1.54, 1.807) is 6.07 Å². The molecule has 5 nitrogen and oxygen atoms in total. The summed E-state index contributed by atoms with van der Waals surface area (Å²) in [6.45, 7) is 4.66. The Labute approximate surface area is 160 Å².